The van der Waals surface area contributed by atoms with Gasteiger partial charge in [-0.15, -0.1) is 0 Å². The van der Waals surface area contributed by atoms with Crippen molar-refractivity contribution in [3.63, 3.8) is 0 Å². The lowest BCUT2D eigenvalue weighted by Crippen LogP contribution is -2.21. The molecule has 0 saturated carbocycles. The molecule has 0 aliphatic carbocycles. The third kappa shape index (κ3) is 7.27. The second-order valence-corrected chi connectivity index (χ2v) is 2.53. The van der Waals surface area contributed by atoms with Crippen LogP contribution in [0.25, 0.3) is 0 Å². The van der Waals surface area contributed by atoms with Gasteiger partial charge in [0.25, 0.3) is 0 Å². The summed E-state index contributed by atoms with van der Waals surface area (Å²) in [5.74, 6) is -1.92. The molecule has 0 aromatic heterocycles. The normalized spacial score (nSPS) is 12.2. The average Bonchev–Trinajstić information content (AvgIpc) is 1.98. The summed E-state index contributed by atoms with van der Waals surface area (Å²) in [6.07, 6.45) is -0.997. The molecule has 1 atom stereocenters. The molecule has 1 unspecified atom stereocenters. The van der Waals surface area contributed by atoms with Gasteiger partial charge in [0.1, 0.15) is 12.5 Å². The average molecular weight is 190 g/mol. The SMILES string of the molecule is CCOCC(C)OC(=O)CC(=O)O. The number of esters is 1. The first-order chi connectivity index (χ1) is 6.06. The number of ether oxygens (including phenoxy) is 2. The van der Waals surface area contributed by atoms with Crippen LogP contribution >= 0.6 is 0 Å². The first-order valence-corrected chi connectivity index (χ1v) is 4.05. The molecule has 0 aromatic rings. The Hall–Kier alpha value is -1.10. The van der Waals surface area contributed by atoms with Gasteiger partial charge < -0.3 is 14.6 Å². The summed E-state index contributed by atoms with van der Waals surface area (Å²) in [5, 5.41) is 8.24. The van der Waals surface area contributed by atoms with Crippen molar-refractivity contribution in [1.82, 2.24) is 0 Å². The Balaban J connectivity index is 3.59. The second-order valence-electron chi connectivity index (χ2n) is 2.53. The highest BCUT2D eigenvalue weighted by molar-refractivity contribution is 5.90. The van der Waals surface area contributed by atoms with Crippen LogP contribution in [0.3, 0.4) is 0 Å². The predicted molar refractivity (Wildman–Crippen MR) is 44.3 cm³/mol. The lowest BCUT2D eigenvalue weighted by Gasteiger charge is -2.11. The van der Waals surface area contributed by atoms with E-state index in [-0.39, 0.29) is 0 Å². The second kappa shape index (κ2) is 6.42. The molecule has 5 heteroatoms. The van der Waals surface area contributed by atoms with E-state index >= 15 is 0 Å². The van der Waals surface area contributed by atoms with E-state index in [4.69, 9.17) is 14.6 Å². The van der Waals surface area contributed by atoms with Crippen molar-refractivity contribution in [2.75, 3.05) is 13.2 Å². The van der Waals surface area contributed by atoms with E-state index in [1.165, 1.54) is 0 Å². The number of hydrogen-bond acceptors (Lipinski definition) is 4. The summed E-state index contributed by atoms with van der Waals surface area (Å²) >= 11 is 0. The summed E-state index contributed by atoms with van der Waals surface area (Å²) in [5.41, 5.74) is 0. The van der Waals surface area contributed by atoms with Crippen LogP contribution in [0.15, 0.2) is 0 Å². The highest BCUT2D eigenvalue weighted by atomic mass is 16.6. The fraction of sp³-hybridized carbons (Fsp3) is 0.750. The Kier molecular flexibility index (Phi) is 5.88. The number of carbonyl (C=O) groups is 2. The first kappa shape index (κ1) is 11.9. The summed E-state index contributed by atoms with van der Waals surface area (Å²) in [6, 6.07) is 0. The van der Waals surface area contributed by atoms with Crippen LogP contribution < -0.4 is 0 Å². The number of carboxylic acid groups (broad SMARTS) is 1. The number of hydrogen-bond donors (Lipinski definition) is 1. The minimum absolute atomic E-state index is 0.294. The molecule has 0 aliphatic heterocycles. The minimum Gasteiger partial charge on any atom is -0.481 e. The van der Waals surface area contributed by atoms with Crippen LogP contribution in [0.5, 0.6) is 0 Å². The zero-order valence-electron chi connectivity index (χ0n) is 7.78. The minimum atomic E-state index is -1.19. The van der Waals surface area contributed by atoms with Crippen LogP contribution in [-0.4, -0.2) is 36.4 Å². The third-order valence-electron chi connectivity index (χ3n) is 1.18. The van der Waals surface area contributed by atoms with Crippen LogP contribution in [0.2, 0.25) is 0 Å². The standard InChI is InChI=1S/C8H14O5/c1-3-12-5-6(2)13-8(11)4-7(9)10/h6H,3-5H2,1-2H3,(H,9,10). The summed E-state index contributed by atoms with van der Waals surface area (Å²) in [6.45, 7) is 4.31. The Morgan fingerprint density at radius 2 is 2.08 bits per heavy atom. The number of rotatable bonds is 6. The molecular weight excluding hydrogens is 176 g/mol. The van der Waals surface area contributed by atoms with Gasteiger partial charge in [-0.3, -0.25) is 9.59 Å². The number of carbonyl (C=O) groups excluding carboxylic acids is 1. The van der Waals surface area contributed by atoms with Crippen LogP contribution in [0, 0.1) is 0 Å². The quantitative estimate of drug-likeness (QED) is 0.485. The molecule has 0 saturated heterocycles. The molecule has 1 N–H and O–H groups in total. The predicted octanol–water partition coefficient (Wildman–Crippen LogP) is 0.429. The smallest absolute Gasteiger partial charge is 0.317 e. The summed E-state index contributed by atoms with van der Waals surface area (Å²) < 4.78 is 9.69. The molecule has 0 rings (SSSR count). The Morgan fingerprint density at radius 3 is 2.54 bits per heavy atom. The van der Waals surface area contributed by atoms with Crippen molar-refractivity contribution in [3.8, 4) is 0 Å². The molecule has 0 aromatic carbocycles. The van der Waals surface area contributed by atoms with E-state index in [0.717, 1.165) is 0 Å². The maximum absolute atomic E-state index is 10.8. The van der Waals surface area contributed by atoms with E-state index in [0.29, 0.717) is 13.2 Å². The molecule has 0 amide bonds. The zero-order valence-corrected chi connectivity index (χ0v) is 7.78. The van der Waals surface area contributed by atoms with E-state index in [9.17, 15) is 9.59 Å². The largest absolute Gasteiger partial charge is 0.481 e. The maximum atomic E-state index is 10.8. The summed E-state index contributed by atoms with van der Waals surface area (Å²) in [4.78, 5) is 20.8. The van der Waals surface area contributed by atoms with Gasteiger partial charge in [-0.1, -0.05) is 0 Å². The number of carboxylic acids is 1. The molecule has 0 spiro atoms. The van der Waals surface area contributed by atoms with Crippen molar-refractivity contribution in [2.45, 2.75) is 26.4 Å². The van der Waals surface area contributed by atoms with Gasteiger partial charge >= 0.3 is 11.9 Å². The van der Waals surface area contributed by atoms with E-state index < -0.39 is 24.5 Å². The third-order valence-corrected chi connectivity index (χ3v) is 1.18. The molecule has 0 radical (unpaired) electrons. The summed E-state index contributed by atoms with van der Waals surface area (Å²) in [7, 11) is 0. The Bertz CT molecular complexity index is 177. The van der Waals surface area contributed by atoms with E-state index in [1.807, 2.05) is 6.92 Å². The van der Waals surface area contributed by atoms with Gasteiger partial charge in [-0.25, -0.2) is 0 Å². The van der Waals surface area contributed by atoms with E-state index in [1.54, 1.807) is 6.92 Å². The molecule has 76 valence electrons. The van der Waals surface area contributed by atoms with Crippen molar-refractivity contribution in [3.05, 3.63) is 0 Å². The van der Waals surface area contributed by atoms with Crippen LogP contribution in [-0.2, 0) is 19.1 Å². The fourth-order valence-electron chi connectivity index (χ4n) is 0.707. The molecule has 0 heterocycles. The molecule has 5 nitrogen and oxygen atoms in total. The molecule has 13 heavy (non-hydrogen) atoms. The number of aliphatic carboxylic acids is 1. The maximum Gasteiger partial charge on any atom is 0.317 e. The molecular formula is C8H14O5. The van der Waals surface area contributed by atoms with Crippen molar-refractivity contribution in [2.24, 2.45) is 0 Å². The monoisotopic (exact) mass is 190 g/mol. The molecule has 0 fully saturated rings. The van der Waals surface area contributed by atoms with Gasteiger partial charge in [-0.2, -0.15) is 0 Å². The van der Waals surface area contributed by atoms with Crippen LogP contribution in [0.4, 0.5) is 0 Å². The fourth-order valence-corrected chi connectivity index (χ4v) is 0.707. The molecule has 0 aliphatic rings. The zero-order chi connectivity index (χ0) is 10.3. The van der Waals surface area contributed by atoms with Gasteiger partial charge in [0.2, 0.25) is 0 Å². The van der Waals surface area contributed by atoms with Crippen molar-refractivity contribution >= 4 is 11.9 Å². The van der Waals surface area contributed by atoms with Gasteiger partial charge in [0.05, 0.1) is 6.61 Å². The Labute approximate surface area is 76.6 Å². The topological polar surface area (TPSA) is 72.8 Å². The first-order valence-electron chi connectivity index (χ1n) is 4.05. The highest BCUT2D eigenvalue weighted by Crippen LogP contribution is 1.95. The van der Waals surface area contributed by atoms with Gasteiger partial charge in [0.15, 0.2) is 0 Å². The van der Waals surface area contributed by atoms with Crippen molar-refractivity contribution < 1.29 is 24.2 Å². The van der Waals surface area contributed by atoms with Gasteiger partial charge in [0, 0.05) is 6.61 Å². The van der Waals surface area contributed by atoms with Gasteiger partial charge in [-0.05, 0) is 13.8 Å². The van der Waals surface area contributed by atoms with Crippen molar-refractivity contribution in [1.29, 1.82) is 0 Å². The lowest BCUT2D eigenvalue weighted by molar-refractivity contribution is -0.156. The van der Waals surface area contributed by atoms with Crippen LogP contribution in [0.1, 0.15) is 20.3 Å². The highest BCUT2D eigenvalue weighted by Gasteiger charge is 2.12. The molecule has 0 bridgehead atoms. The van der Waals surface area contributed by atoms with E-state index in [2.05, 4.69) is 0 Å². The lowest BCUT2D eigenvalue weighted by atomic mass is 10.4. The Morgan fingerprint density at radius 1 is 1.46 bits per heavy atom.